The normalized spacial score (nSPS) is 23.1. The SMILES string of the molecule is COCC(=O)N1CC2(C1)OCCC2COc1ccccn1. The predicted octanol–water partition coefficient (Wildman–Crippen LogP) is 0.724. The van der Waals surface area contributed by atoms with Gasteiger partial charge in [0.2, 0.25) is 11.8 Å². The van der Waals surface area contributed by atoms with Gasteiger partial charge < -0.3 is 19.1 Å². The van der Waals surface area contributed by atoms with Crippen molar-refractivity contribution in [3.8, 4) is 5.88 Å². The summed E-state index contributed by atoms with van der Waals surface area (Å²) in [5.74, 6) is 0.945. The number of aromatic nitrogens is 1. The first-order valence-electron chi connectivity index (χ1n) is 7.18. The van der Waals surface area contributed by atoms with Crippen LogP contribution in [0.1, 0.15) is 6.42 Å². The Balaban J connectivity index is 1.54. The number of carbonyl (C=O) groups is 1. The van der Waals surface area contributed by atoms with E-state index in [0.29, 0.717) is 31.5 Å². The number of amides is 1. The number of pyridine rings is 1. The average molecular weight is 292 g/mol. The van der Waals surface area contributed by atoms with Gasteiger partial charge in [-0.15, -0.1) is 0 Å². The molecule has 2 aliphatic rings. The highest BCUT2D eigenvalue weighted by atomic mass is 16.5. The lowest BCUT2D eigenvalue weighted by atomic mass is 9.81. The number of hydrogen-bond donors (Lipinski definition) is 0. The van der Waals surface area contributed by atoms with E-state index in [1.54, 1.807) is 11.1 Å². The number of hydrogen-bond acceptors (Lipinski definition) is 5. The molecule has 0 bridgehead atoms. The van der Waals surface area contributed by atoms with E-state index in [9.17, 15) is 4.79 Å². The van der Waals surface area contributed by atoms with Crippen LogP contribution in [0.15, 0.2) is 24.4 Å². The molecular weight excluding hydrogens is 272 g/mol. The van der Waals surface area contributed by atoms with Crippen LogP contribution < -0.4 is 4.74 Å². The zero-order valence-electron chi connectivity index (χ0n) is 12.2. The molecule has 1 aromatic heterocycles. The first kappa shape index (κ1) is 14.3. The molecule has 3 heterocycles. The zero-order chi connectivity index (χ0) is 14.7. The molecular formula is C15H20N2O4. The fraction of sp³-hybridized carbons (Fsp3) is 0.600. The Hall–Kier alpha value is -1.66. The number of likely N-dealkylation sites (tertiary alicyclic amines) is 1. The van der Waals surface area contributed by atoms with Crippen molar-refractivity contribution in [2.45, 2.75) is 12.0 Å². The van der Waals surface area contributed by atoms with Crippen molar-refractivity contribution in [2.75, 3.05) is 40.0 Å². The molecule has 6 nitrogen and oxygen atoms in total. The molecule has 0 aliphatic carbocycles. The van der Waals surface area contributed by atoms with E-state index >= 15 is 0 Å². The topological polar surface area (TPSA) is 60.9 Å². The fourth-order valence-electron chi connectivity index (χ4n) is 2.98. The highest BCUT2D eigenvalue weighted by Crippen LogP contribution is 2.40. The Morgan fingerprint density at radius 2 is 2.38 bits per heavy atom. The maximum atomic E-state index is 11.8. The van der Waals surface area contributed by atoms with E-state index in [1.807, 2.05) is 18.2 Å². The van der Waals surface area contributed by atoms with Crippen molar-refractivity contribution in [1.29, 1.82) is 0 Å². The summed E-state index contributed by atoms with van der Waals surface area (Å²) >= 11 is 0. The molecule has 3 rings (SSSR count). The van der Waals surface area contributed by atoms with E-state index in [2.05, 4.69) is 4.98 Å². The number of ether oxygens (including phenoxy) is 3. The molecule has 1 atom stereocenters. The summed E-state index contributed by atoms with van der Waals surface area (Å²) in [6.07, 6.45) is 2.67. The van der Waals surface area contributed by atoms with Crippen molar-refractivity contribution in [2.24, 2.45) is 5.92 Å². The van der Waals surface area contributed by atoms with Gasteiger partial charge in [0.05, 0.1) is 19.7 Å². The second-order valence-corrected chi connectivity index (χ2v) is 5.56. The standard InChI is InChI=1S/C15H20N2O4/c1-19-9-14(18)17-10-15(11-17)12(5-7-21-15)8-20-13-4-2-3-6-16-13/h2-4,6,12H,5,7-11H2,1H3. The van der Waals surface area contributed by atoms with Crippen LogP contribution in [0.2, 0.25) is 0 Å². The van der Waals surface area contributed by atoms with E-state index in [-0.39, 0.29) is 18.1 Å². The number of rotatable bonds is 5. The van der Waals surface area contributed by atoms with Gasteiger partial charge in [0.15, 0.2) is 0 Å². The lowest BCUT2D eigenvalue weighted by Gasteiger charge is -2.49. The number of nitrogens with zero attached hydrogens (tertiary/aromatic N) is 2. The first-order chi connectivity index (χ1) is 10.2. The molecule has 0 aromatic carbocycles. The summed E-state index contributed by atoms with van der Waals surface area (Å²) < 4.78 is 16.5. The molecule has 2 aliphatic heterocycles. The van der Waals surface area contributed by atoms with Crippen LogP contribution in [0.4, 0.5) is 0 Å². The maximum absolute atomic E-state index is 11.8. The third-order valence-corrected chi connectivity index (χ3v) is 4.21. The highest BCUT2D eigenvalue weighted by Gasteiger charge is 2.54. The number of methoxy groups -OCH3 is 1. The molecule has 1 spiro atoms. The molecule has 2 fully saturated rings. The second-order valence-electron chi connectivity index (χ2n) is 5.56. The van der Waals surface area contributed by atoms with Crippen LogP contribution in [0.3, 0.4) is 0 Å². The van der Waals surface area contributed by atoms with E-state index in [0.717, 1.165) is 13.0 Å². The van der Waals surface area contributed by atoms with Crippen molar-refractivity contribution in [3.63, 3.8) is 0 Å². The van der Waals surface area contributed by atoms with Crippen molar-refractivity contribution in [1.82, 2.24) is 9.88 Å². The Labute approximate surface area is 124 Å². The van der Waals surface area contributed by atoms with Crippen molar-refractivity contribution < 1.29 is 19.0 Å². The fourth-order valence-corrected chi connectivity index (χ4v) is 2.98. The van der Waals surface area contributed by atoms with Crippen LogP contribution in [0.5, 0.6) is 5.88 Å². The van der Waals surface area contributed by atoms with Gasteiger partial charge >= 0.3 is 0 Å². The van der Waals surface area contributed by atoms with Crippen LogP contribution in [0, 0.1) is 5.92 Å². The highest BCUT2D eigenvalue weighted by molar-refractivity contribution is 5.78. The Kier molecular flexibility index (Phi) is 4.07. The van der Waals surface area contributed by atoms with Gasteiger partial charge in [-0.25, -0.2) is 4.98 Å². The Morgan fingerprint density at radius 3 is 3.10 bits per heavy atom. The maximum Gasteiger partial charge on any atom is 0.248 e. The summed E-state index contributed by atoms with van der Waals surface area (Å²) in [7, 11) is 1.53. The lowest BCUT2D eigenvalue weighted by molar-refractivity contribution is -0.169. The average Bonchev–Trinajstić information content (AvgIpc) is 2.88. The quantitative estimate of drug-likeness (QED) is 0.800. The summed E-state index contributed by atoms with van der Waals surface area (Å²) in [5.41, 5.74) is -0.238. The molecule has 0 N–H and O–H groups in total. The van der Waals surface area contributed by atoms with Crippen LogP contribution >= 0.6 is 0 Å². The molecule has 2 saturated heterocycles. The molecule has 6 heteroatoms. The lowest BCUT2D eigenvalue weighted by Crippen LogP contribution is -2.67. The summed E-state index contributed by atoms with van der Waals surface area (Å²) in [4.78, 5) is 17.7. The van der Waals surface area contributed by atoms with Gasteiger partial charge in [-0.3, -0.25) is 4.79 Å². The van der Waals surface area contributed by atoms with Gasteiger partial charge in [-0.2, -0.15) is 0 Å². The molecule has 114 valence electrons. The van der Waals surface area contributed by atoms with Crippen LogP contribution in [-0.2, 0) is 14.3 Å². The molecule has 1 amide bonds. The predicted molar refractivity (Wildman–Crippen MR) is 75.0 cm³/mol. The Morgan fingerprint density at radius 1 is 1.52 bits per heavy atom. The molecule has 21 heavy (non-hydrogen) atoms. The number of carbonyl (C=O) groups excluding carboxylic acids is 1. The van der Waals surface area contributed by atoms with Crippen LogP contribution in [-0.4, -0.2) is 61.4 Å². The van der Waals surface area contributed by atoms with Gasteiger partial charge in [-0.1, -0.05) is 6.07 Å². The van der Waals surface area contributed by atoms with Crippen molar-refractivity contribution >= 4 is 5.91 Å². The van der Waals surface area contributed by atoms with Gasteiger partial charge in [0, 0.05) is 31.9 Å². The monoisotopic (exact) mass is 292 g/mol. The van der Waals surface area contributed by atoms with E-state index < -0.39 is 0 Å². The Bertz CT molecular complexity index is 488. The van der Waals surface area contributed by atoms with Gasteiger partial charge in [0.1, 0.15) is 12.2 Å². The van der Waals surface area contributed by atoms with Gasteiger partial charge in [-0.05, 0) is 12.5 Å². The van der Waals surface area contributed by atoms with E-state index in [4.69, 9.17) is 14.2 Å². The molecule has 1 aromatic rings. The minimum Gasteiger partial charge on any atom is -0.477 e. The van der Waals surface area contributed by atoms with Crippen LogP contribution in [0.25, 0.3) is 0 Å². The second kappa shape index (κ2) is 5.99. The molecule has 0 saturated carbocycles. The molecule has 1 unspecified atom stereocenters. The molecule has 0 radical (unpaired) electrons. The largest absolute Gasteiger partial charge is 0.477 e. The van der Waals surface area contributed by atoms with Gasteiger partial charge in [0.25, 0.3) is 0 Å². The van der Waals surface area contributed by atoms with E-state index in [1.165, 1.54) is 7.11 Å². The third kappa shape index (κ3) is 2.87. The minimum atomic E-state index is -0.238. The summed E-state index contributed by atoms with van der Waals surface area (Å²) in [6, 6.07) is 5.60. The summed E-state index contributed by atoms with van der Waals surface area (Å²) in [6.45, 7) is 2.69. The smallest absolute Gasteiger partial charge is 0.248 e. The first-order valence-corrected chi connectivity index (χ1v) is 7.18. The third-order valence-electron chi connectivity index (χ3n) is 4.21. The minimum absolute atomic E-state index is 0.0167. The van der Waals surface area contributed by atoms with Crippen molar-refractivity contribution in [3.05, 3.63) is 24.4 Å². The zero-order valence-corrected chi connectivity index (χ0v) is 12.2. The summed E-state index contributed by atoms with van der Waals surface area (Å²) in [5, 5.41) is 0.